The third kappa shape index (κ3) is 3.42. The average Bonchev–Trinajstić information content (AvgIpc) is 2.67. The second-order valence-corrected chi connectivity index (χ2v) is 8.13. The second kappa shape index (κ2) is 7.25. The summed E-state index contributed by atoms with van der Waals surface area (Å²) in [5, 5.41) is 0. The number of carbonyl (C=O) groups excluding carboxylic acids is 2. The van der Waals surface area contributed by atoms with Gasteiger partial charge in [0, 0.05) is 0 Å². The van der Waals surface area contributed by atoms with Crippen molar-refractivity contribution >= 4 is 11.6 Å². The van der Waals surface area contributed by atoms with E-state index >= 15 is 0 Å². The summed E-state index contributed by atoms with van der Waals surface area (Å²) in [5.74, 6) is -1.49. The fourth-order valence-electron chi connectivity index (χ4n) is 3.98. The molecule has 4 heteroatoms. The van der Waals surface area contributed by atoms with E-state index in [-0.39, 0.29) is 17.4 Å². The zero-order valence-electron chi connectivity index (χ0n) is 17.1. The van der Waals surface area contributed by atoms with Gasteiger partial charge < -0.3 is 4.74 Å². The van der Waals surface area contributed by atoms with Crippen LogP contribution in [0.3, 0.4) is 0 Å². The van der Waals surface area contributed by atoms with E-state index in [1.807, 2.05) is 32.0 Å². The Kier molecular flexibility index (Phi) is 5.28. The number of Topliss-reactive ketones (excluding diaryl/α,β-unsaturated/α-hetero) is 2. The maximum absolute atomic E-state index is 13.2. The van der Waals surface area contributed by atoms with Crippen LogP contribution >= 0.6 is 0 Å². The Morgan fingerprint density at radius 2 is 1.54 bits per heavy atom. The topological polar surface area (TPSA) is 43.4 Å². The van der Waals surface area contributed by atoms with E-state index in [1.54, 1.807) is 32.9 Å². The van der Waals surface area contributed by atoms with Gasteiger partial charge >= 0.3 is 0 Å². The summed E-state index contributed by atoms with van der Waals surface area (Å²) in [6, 6.07) is 12.1. The molecule has 148 valence electrons. The van der Waals surface area contributed by atoms with E-state index in [2.05, 4.69) is 0 Å². The van der Waals surface area contributed by atoms with Gasteiger partial charge in [-0.25, -0.2) is 4.39 Å². The summed E-state index contributed by atoms with van der Waals surface area (Å²) in [7, 11) is 0. The number of hydrogen-bond donors (Lipinski definition) is 0. The van der Waals surface area contributed by atoms with Crippen LogP contribution in [0.4, 0.5) is 4.39 Å². The van der Waals surface area contributed by atoms with Gasteiger partial charge in [0.25, 0.3) is 0 Å². The lowest BCUT2D eigenvalue weighted by Crippen LogP contribution is -2.59. The molecule has 1 aliphatic heterocycles. The Balaban J connectivity index is 2.10. The molecule has 0 saturated carbocycles. The predicted octanol–water partition coefficient (Wildman–Crippen LogP) is 5.25. The van der Waals surface area contributed by atoms with E-state index in [1.165, 1.54) is 12.1 Å². The molecule has 2 unspecified atom stereocenters. The maximum atomic E-state index is 13.2. The lowest BCUT2D eigenvalue weighted by Gasteiger charge is -2.44. The molecule has 1 heterocycles. The quantitative estimate of drug-likeness (QED) is 0.678. The molecule has 0 N–H and O–H groups in total. The van der Waals surface area contributed by atoms with Crippen LogP contribution in [0.15, 0.2) is 42.5 Å². The first-order valence-corrected chi connectivity index (χ1v) is 9.80. The molecule has 0 radical (unpaired) electrons. The first-order valence-electron chi connectivity index (χ1n) is 9.80. The normalized spacial score (nSPS) is 24.4. The minimum absolute atomic E-state index is 0.177. The number of carbonyl (C=O) groups is 2. The molecule has 1 fully saturated rings. The minimum atomic E-state index is -1.02. The Labute approximate surface area is 165 Å². The van der Waals surface area contributed by atoms with Crippen LogP contribution in [-0.2, 0) is 20.7 Å². The van der Waals surface area contributed by atoms with Gasteiger partial charge in [0.15, 0.2) is 11.6 Å². The predicted molar refractivity (Wildman–Crippen MR) is 108 cm³/mol. The van der Waals surface area contributed by atoms with E-state index in [9.17, 15) is 14.0 Å². The van der Waals surface area contributed by atoms with Gasteiger partial charge in [-0.3, -0.25) is 9.59 Å². The Morgan fingerprint density at radius 3 is 2.11 bits per heavy atom. The monoisotopic (exact) mass is 382 g/mol. The Bertz CT molecular complexity index is 914. The summed E-state index contributed by atoms with van der Waals surface area (Å²) in [5.41, 5.74) is 1.52. The summed E-state index contributed by atoms with van der Waals surface area (Å²) in [4.78, 5) is 26.4. The molecule has 28 heavy (non-hydrogen) atoms. The van der Waals surface area contributed by atoms with Gasteiger partial charge in [-0.2, -0.15) is 0 Å². The van der Waals surface area contributed by atoms with Crippen molar-refractivity contribution in [1.82, 2.24) is 0 Å². The molecule has 0 amide bonds. The molecule has 2 aromatic carbocycles. The van der Waals surface area contributed by atoms with Crippen molar-refractivity contribution in [2.24, 2.45) is 0 Å². The van der Waals surface area contributed by atoms with E-state index in [0.717, 1.165) is 22.3 Å². The lowest BCUT2D eigenvalue weighted by atomic mass is 9.72. The van der Waals surface area contributed by atoms with Crippen molar-refractivity contribution in [2.75, 3.05) is 0 Å². The Morgan fingerprint density at radius 1 is 0.929 bits per heavy atom. The van der Waals surface area contributed by atoms with E-state index in [4.69, 9.17) is 4.74 Å². The van der Waals surface area contributed by atoms with Gasteiger partial charge in [-0.05, 0) is 68.0 Å². The number of hydrogen-bond acceptors (Lipinski definition) is 3. The third-order valence-corrected chi connectivity index (χ3v) is 5.81. The van der Waals surface area contributed by atoms with E-state index < -0.39 is 17.1 Å². The van der Waals surface area contributed by atoms with Crippen molar-refractivity contribution < 1.29 is 18.7 Å². The SMILES string of the molecule is CCc1cc(-c2ccc(F)cc2)ccc1C1C(=O)C(C)(C)OC(C)(CC)C1=O. The number of aryl methyl sites for hydroxylation is 1. The first-order chi connectivity index (χ1) is 13.1. The fourth-order valence-corrected chi connectivity index (χ4v) is 3.98. The van der Waals surface area contributed by atoms with Crippen LogP contribution in [0.5, 0.6) is 0 Å². The van der Waals surface area contributed by atoms with Crippen LogP contribution in [0.2, 0.25) is 0 Å². The molecule has 0 spiro atoms. The van der Waals surface area contributed by atoms with Crippen molar-refractivity contribution in [2.45, 2.75) is 64.6 Å². The molecule has 0 bridgehead atoms. The van der Waals surface area contributed by atoms with Gasteiger partial charge in [-0.15, -0.1) is 0 Å². The number of benzene rings is 2. The molecule has 1 saturated heterocycles. The molecule has 3 nitrogen and oxygen atoms in total. The molecule has 1 aliphatic rings. The summed E-state index contributed by atoms with van der Waals surface area (Å²) in [6.07, 6.45) is 1.19. The van der Waals surface area contributed by atoms with Crippen molar-refractivity contribution in [3.8, 4) is 11.1 Å². The first kappa shape index (κ1) is 20.4. The molecular weight excluding hydrogens is 355 g/mol. The number of ether oxygens (including phenoxy) is 1. The van der Waals surface area contributed by atoms with Crippen LogP contribution in [0.1, 0.15) is 58.1 Å². The van der Waals surface area contributed by atoms with Gasteiger partial charge in [-0.1, -0.05) is 44.2 Å². The van der Waals surface area contributed by atoms with Crippen molar-refractivity contribution in [3.05, 3.63) is 59.4 Å². The number of rotatable bonds is 4. The molecule has 0 aromatic heterocycles. The maximum Gasteiger partial charge on any atom is 0.179 e. The number of ketones is 2. The van der Waals surface area contributed by atoms with Gasteiger partial charge in [0.05, 0.1) is 0 Å². The van der Waals surface area contributed by atoms with Crippen LogP contribution in [-0.4, -0.2) is 22.8 Å². The fraction of sp³-hybridized carbons (Fsp3) is 0.417. The van der Waals surface area contributed by atoms with Crippen molar-refractivity contribution in [1.29, 1.82) is 0 Å². The van der Waals surface area contributed by atoms with Crippen LogP contribution < -0.4 is 0 Å². The minimum Gasteiger partial charge on any atom is -0.354 e. The summed E-state index contributed by atoms with van der Waals surface area (Å²) >= 11 is 0. The summed E-state index contributed by atoms with van der Waals surface area (Å²) < 4.78 is 19.2. The molecule has 3 rings (SSSR count). The molecule has 2 aromatic rings. The molecule has 2 atom stereocenters. The van der Waals surface area contributed by atoms with Gasteiger partial charge in [0.2, 0.25) is 0 Å². The molecular formula is C24H27FO3. The average molecular weight is 382 g/mol. The highest BCUT2D eigenvalue weighted by Gasteiger charge is 2.54. The third-order valence-electron chi connectivity index (χ3n) is 5.81. The largest absolute Gasteiger partial charge is 0.354 e. The lowest BCUT2D eigenvalue weighted by molar-refractivity contribution is -0.188. The van der Waals surface area contributed by atoms with E-state index in [0.29, 0.717) is 12.8 Å². The zero-order valence-corrected chi connectivity index (χ0v) is 17.1. The van der Waals surface area contributed by atoms with Crippen LogP contribution in [0, 0.1) is 5.82 Å². The van der Waals surface area contributed by atoms with Gasteiger partial charge in [0.1, 0.15) is 22.9 Å². The highest BCUT2D eigenvalue weighted by atomic mass is 19.1. The highest BCUT2D eigenvalue weighted by molar-refractivity contribution is 6.15. The smallest absolute Gasteiger partial charge is 0.179 e. The molecule has 0 aliphatic carbocycles. The van der Waals surface area contributed by atoms with Crippen LogP contribution in [0.25, 0.3) is 11.1 Å². The highest BCUT2D eigenvalue weighted by Crippen LogP contribution is 2.41. The standard InChI is InChI=1S/C24H27FO3/c1-6-15-14-17(16-8-11-18(25)12-9-16)10-13-19(15)20-21(26)23(3,4)28-24(5,7-2)22(20)27/h8-14,20H,6-7H2,1-5H3. The number of halogens is 1. The van der Waals surface area contributed by atoms with Crippen molar-refractivity contribution in [3.63, 3.8) is 0 Å². The second-order valence-electron chi connectivity index (χ2n) is 8.13. The Hall–Kier alpha value is -2.33. The summed E-state index contributed by atoms with van der Waals surface area (Å²) in [6.45, 7) is 9.16. The zero-order chi connectivity index (χ0) is 20.7.